The molecule has 0 aliphatic carbocycles. The van der Waals surface area contributed by atoms with Crippen LogP contribution in [0.5, 0.6) is 11.5 Å². The Kier molecular flexibility index (Phi) is 9.65. The van der Waals surface area contributed by atoms with E-state index in [0.717, 1.165) is 16.2 Å². The Balaban J connectivity index is 1.65. The zero-order chi connectivity index (χ0) is 20.9. The Labute approximate surface area is 175 Å². The highest BCUT2D eigenvalue weighted by atomic mass is 32.2. The van der Waals surface area contributed by atoms with E-state index < -0.39 is 5.97 Å². The van der Waals surface area contributed by atoms with Crippen molar-refractivity contribution in [2.45, 2.75) is 11.8 Å². The number of allylic oxidation sites excluding steroid dienone is 1. The first-order chi connectivity index (χ1) is 14.1. The zero-order valence-electron chi connectivity index (χ0n) is 16.6. The summed E-state index contributed by atoms with van der Waals surface area (Å²) < 4.78 is 15.7. The number of methoxy groups -OCH3 is 1. The molecular weight excluding hydrogens is 390 g/mol. The molecule has 0 saturated carbocycles. The van der Waals surface area contributed by atoms with Gasteiger partial charge in [0.25, 0.3) is 5.91 Å². The number of esters is 1. The lowest BCUT2D eigenvalue weighted by Crippen LogP contribution is -2.31. The monoisotopic (exact) mass is 415 g/mol. The Morgan fingerprint density at radius 3 is 2.59 bits per heavy atom. The Morgan fingerprint density at radius 1 is 1.07 bits per heavy atom. The molecule has 0 aromatic heterocycles. The summed E-state index contributed by atoms with van der Waals surface area (Å²) in [6.07, 6.45) is 3.84. The standard InChI is InChI=1S/C22H25NO5S/c1-3-7-17-10-11-19(20(14-17)26-2)27-16-22(25)28-15-21(24)23-12-13-29-18-8-5-4-6-9-18/h3-11,14H,12-13,15-16H2,1-2H3,(H,23,24)/b7-3+. The predicted octanol–water partition coefficient (Wildman–Crippen LogP) is 3.56. The lowest BCUT2D eigenvalue weighted by Gasteiger charge is -2.11. The van der Waals surface area contributed by atoms with Gasteiger partial charge in [-0.2, -0.15) is 0 Å². The van der Waals surface area contributed by atoms with Crippen LogP contribution in [0.25, 0.3) is 6.08 Å². The van der Waals surface area contributed by atoms with Gasteiger partial charge < -0.3 is 19.5 Å². The molecule has 0 fully saturated rings. The number of nitrogens with one attached hydrogen (secondary N) is 1. The van der Waals surface area contributed by atoms with E-state index in [2.05, 4.69) is 5.32 Å². The summed E-state index contributed by atoms with van der Waals surface area (Å²) in [5.41, 5.74) is 0.960. The van der Waals surface area contributed by atoms with Gasteiger partial charge in [-0.1, -0.05) is 36.4 Å². The van der Waals surface area contributed by atoms with Crippen molar-refractivity contribution in [2.75, 3.05) is 32.6 Å². The molecule has 7 heteroatoms. The van der Waals surface area contributed by atoms with Crippen molar-refractivity contribution < 1.29 is 23.8 Å². The van der Waals surface area contributed by atoms with Crippen LogP contribution in [-0.4, -0.2) is 44.5 Å². The predicted molar refractivity (Wildman–Crippen MR) is 114 cm³/mol. The van der Waals surface area contributed by atoms with Crippen LogP contribution in [0.1, 0.15) is 12.5 Å². The highest BCUT2D eigenvalue weighted by molar-refractivity contribution is 7.99. The first-order valence-corrected chi connectivity index (χ1v) is 10.1. The number of rotatable bonds is 11. The molecule has 0 heterocycles. The molecule has 0 aliphatic heterocycles. The summed E-state index contributed by atoms with van der Waals surface area (Å²) >= 11 is 1.64. The second-order valence-electron chi connectivity index (χ2n) is 5.87. The smallest absolute Gasteiger partial charge is 0.344 e. The SMILES string of the molecule is C/C=C/c1ccc(OCC(=O)OCC(=O)NCCSc2ccccc2)c(OC)c1. The Morgan fingerprint density at radius 2 is 1.86 bits per heavy atom. The number of benzene rings is 2. The van der Waals surface area contributed by atoms with Gasteiger partial charge >= 0.3 is 5.97 Å². The maximum atomic E-state index is 11.8. The topological polar surface area (TPSA) is 73.9 Å². The van der Waals surface area contributed by atoms with Crippen LogP contribution in [0.2, 0.25) is 0 Å². The number of carbonyl (C=O) groups is 2. The minimum Gasteiger partial charge on any atom is -0.493 e. The molecule has 0 aliphatic rings. The lowest BCUT2D eigenvalue weighted by atomic mass is 10.2. The van der Waals surface area contributed by atoms with Gasteiger partial charge in [-0.05, 0) is 36.8 Å². The molecule has 2 aromatic carbocycles. The van der Waals surface area contributed by atoms with E-state index >= 15 is 0 Å². The van der Waals surface area contributed by atoms with E-state index in [-0.39, 0.29) is 19.1 Å². The van der Waals surface area contributed by atoms with Gasteiger partial charge in [0, 0.05) is 17.2 Å². The first-order valence-electron chi connectivity index (χ1n) is 9.16. The van der Waals surface area contributed by atoms with Gasteiger partial charge in [-0.25, -0.2) is 4.79 Å². The molecule has 154 valence electrons. The largest absolute Gasteiger partial charge is 0.493 e. The van der Waals surface area contributed by atoms with Crippen LogP contribution in [0.15, 0.2) is 59.5 Å². The van der Waals surface area contributed by atoms with Crippen LogP contribution in [0.3, 0.4) is 0 Å². The molecule has 0 bridgehead atoms. The van der Waals surface area contributed by atoms with Crippen LogP contribution in [-0.2, 0) is 14.3 Å². The van der Waals surface area contributed by atoms with Crippen molar-refractivity contribution >= 4 is 29.7 Å². The van der Waals surface area contributed by atoms with E-state index in [4.69, 9.17) is 14.2 Å². The maximum Gasteiger partial charge on any atom is 0.344 e. The van der Waals surface area contributed by atoms with Crippen molar-refractivity contribution in [1.29, 1.82) is 0 Å². The van der Waals surface area contributed by atoms with Gasteiger partial charge in [-0.3, -0.25) is 4.79 Å². The molecule has 1 N–H and O–H groups in total. The number of amides is 1. The molecule has 0 spiro atoms. The van der Waals surface area contributed by atoms with E-state index in [0.29, 0.717) is 18.0 Å². The van der Waals surface area contributed by atoms with Crippen LogP contribution < -0.4 is 14.8 Å². The molecular formula is C22H25NO5S. The third-order valence-electron chi connectivity index (χ3n) is 3.69. The Bertz CT molecular complexity index is 823. The van der Waals surface area contributed by atoms with Crippen molar-refractivity contribution in [2.24, 2.45) is 0 Å². The van der Waals surface area contributed by atoms with Crippen molar-refractivity contribution in [3.8, 4) is 11.5 Å². The number of ether oxygens (including phenoxy) is 3. The van der Waals surface area contributed by atoms with Crippen molar-refractivity contribution in [3.05, 3.63) is 60.2 Å². The molecule has 0 radical (unpaired) electrons. The van der Waals surface area contributed by atoms with Gasteiger partial charge in [0.1, 0.15) is 0 Å². The minimum absolute atomic E-state index is 0.309. The summed E-state index contributed by atoms with van der Waals surface area (Å²) in [5.74, 6) is 0.705. The molecule has 6 nitrogen and oxygen atoms in total. The normalized spacial score (nSPS) is 10.6. The van der Waals surface area contributed by atoms with E-state index in [1.807, 2.05) is 61.5 Å². The van der Waals surface area contributed by atoms with E-state index in [1.54, 1.807) is 17.8 Å². The number of hydrogen-bond acceptors (Lipinski definition) is 6. The summed E-state index contributed by atoms with van der Waals surface area (Å²) in [7, 11) is 1.53. The van der Waals surface area contributed by atoms with Crippen LogP contribution >= 0.6 is 11.8 Å². The van der Waals surface area contributed by atoms with Gasteiger partial charge in [0.2, 0.25) is 0 Å². The van der Waals surface area contributed by atoms with Gasteiger partial charge in [0.15, 0.2) is 24.7 Å². The number of hydrogen-bond donors (Lipinski definition) is 1. The summed E-state index contributed by atoms with van der Waals surface area (Å²) in [6.45, 7) is 1.76. The number of carbonyl (C=O) groups excluding carboxylic acids is 2. The highest BCUT2D eigenvalue weighted by Gasteiger charge is 2.11. The van der Waals surface area contributed by atoms with Gasteiger partial charge in [0.05, 0.1) is 7.11 Å². The summed E-state index contributed by atoms with van der Waals surface area (Å²) in [6, 6.07) is 15.3. The fourth-order valence-corrected chi connectivity index (χ4v) is 3.14. The molecule has 29 heavy (non-hydrogen) atoms. The average molecular weight is 416 g/mol. The quantitative estimate of drug-likeness (QED) is 0.344. The summed E-state index contributed by atoms with van der Waals surface area (Å²) in [4.78, 5) is 24.7. The highest BCUT2D eigenvalue weighted by Crippen LogP contribution is 2.28. The number of thioether (sulfide) groups is 1. The zero-order valence-corrected chi connectivity index (χ0v) is 17.4. The van der Waals surface area contributed by atoms with Crippen molar-refractivity contribution in [1.82, 2.24) is 5.32 Å². The lowest BCUT2D eigenvalue weighted by molar-refractivity contribution is -0.150. The summed E-state index contributed by atoms with van der Waals surface area (Å²) in [5, 5.41) is 2.71. The maximum absolute atomic E-state index is 11.8. The van der Waals surface area contributed by atoms with Crippen LogP contribution in [0.4, 0.5) is 0 Å². The van der Waals surface area contributed by atoms with E-state index in [1.165, 1.54) is 7.11 Å². The molecule has 2 aromatic rings. The minimum atomic E-state index is -0.626. The fourth-order valence-electron chi connectivity index (χ4n) is 2.35. The first kappa shape index (κ1) is 22.4. The molecule has 0 atom stereocenters. The molecule has 0 unspecified atom stereocenters. The van der Waals surface area contributed by atoms with E-state index in [9.17, 15) is 9.59 Å². The fraction of sp³-hybridized carbons (Fsp3) is 0.273. The molecule has 0 saturated heterocycles. The average Bonchev–Trinajstić information content (AvgIpc) is 2.75. The van der Waals surface area contributed by atoms with Crippen molar-refractivity contribution in [3.63, 3.8) is 0 Å². The molecule has 2 rings (SSSR count). The van der Waals surface area contributed by atoms with Crippen LogP contribution in [0, 0.1) is 0 Å². The molecule has 1 amide bonds. The Hall–Kier alpha value is -2.93. The van der Waals surface area contributed by atoms with Gasteiger partial charge in [-0.15, -0.1) is 11.8 Å². The second-order valence-corrected chi connectivity index (χ2v) is 7.04. The second kappa shape index (κ2) is 12.5. The third kappa shape index (κ3) is 8.31. The third-order valence-corrected chi connectivity index (χ3v) is 4.71.